The number of amides is 1. The third-order valence-corrected chi connectivity index (χ3v) is 5.60. The first-order valence-electron chi connectivity index (χ1n) is 10.6. The number of carbonyl (C=O) groups excluding carboxylic acids is 1. The van der Waals surface area contributed by atoms with E-state index in [1.807, 2.05) is 86.6 Å². The van der Waals surface area contributed by atoms with E-state index >= 15 is 0 Å². The van der Waals surface area contributed by atoms with Gasteiger partial charge in [-0.1, -0.05) is 35.0 Å². The zero-order valence-corrected chi connectivity index (χ0v) is 18.0. The molecule has 2 heterocycles. The van der Waals surface area contributed by atoms with Crippen molar-refractivity contribution in [2.45, 2.75) is 26.2 Å². The van der Waals surface area contributed by atoms with E-state index in [-0.39, 0.29) is 11.8 Å². The maximum atomic E-state index is 12.6. The fourth-order valence-electron chi connectivity index (χ4n) is 3.85. The number of carbonyl (C=O) groups is 1. The summed E-state index contributed by atoms with van der Waals surface area (Å²) in [5, 5.41) is 4.13. The number of aryl methyl sites for hydroxylation is 2. The second-order valence-electron chi connectivity index (χ2n) is 8.14. The van der Waals surface area contributed by atoms with Crippen molar-refractivity contribution in [1.82, 2.24) is 10.1 Å². The number of ether oxygens (including phenoxy) is 1. The molecule has 0 N–H and O–H groups in total. The van der Waals surface area contributed by atoms with E-state index < -0.39 is 0 Å². The lowest BCUT2D eigenvalue weighted by Gasteiger charge is -2.16. The Kier molecular flexibility index (Phi) is 5.19. The first-order valence-corrected chi connectivity index (χ1v) is 10.6. The molecule has 1 amide bonds. The van der Waals surface area contributed by atoms with Crippen LogP contribution in [0.2, 0.25) is 0 Å². The number of hydrogen-bond donors (Lipinski definition) is 0. The molecule has 1 fully saturated rings. The molecule has 160 valence electrons. The van der Waals surface area contributed by atoms with Gasteiger partial charge in [-0.3, -0.25) is 4.79 Å². The van der Waals surface area contributed by atoms with E-state index in [4.69, 9.17) is 9.26 Å². The minimum Gasteiger partial charge on any atom is -0.457 e. The number of benzene rings is 3. The highest BCUT2D eigenvalue weighted by atomic mass is 16.5. The minimum absolute atomic E-state index is 0.0660. The topological polar surface area (TPSA) is 68.5 Å². The molecule has 32 heavy (non-hydrogen) atoms. The van der Waals surface area contributed by atoms with Crippen molar-refractivity contribution in [3.8, 4) is 22.9 Å². The fraction of sp³-hybridized carbons (Fsp3) is 0.192. The SMILES string of the molecule is Cc1ccc(N2C[C@@H](c3nc(-c4ccc(Oc5cccc(C)c5)cc4)no3)CC2=O)cc1. The van der Waals surface area contributed by atoms with Crippen LogP contribution in [-0.4, -0.2) is 22.6 Å². The molecule has 0 bridgehead atoms. The zero-order valence-electron chi connectivity index (χ0n) is 18.0. The Morgan fingerprint density at radius 1 is 0.938 bits per heavy atom. The monoisotopic (exact) mass is 425 g/mol. The molecular weight excluding hydrogens is 402 g/mol. The third kappa shape index (κ3) is 4.12. The number of anilines is 1. The Balaban J connectivity index is 1.28. The van der Waals surface area contributed by atoms with Crippen LogP contribution in [-0.2, 0) is 4.79 Å². The summed E-state index contributed by atoms with van der Waals surface area (Å²) in [6.07, 6.45) is 0.360. The Hall–Kier alpha value is -3.93. The lowest BCUT2D eigenvalue weighted by atomic mass is 10.1. The van der Waals surface area contributed by atoms with E-state index in [0.717, 1.165) is 33.9 Å². The third-order valence-electron chi connectivity index (χ3n) is 5.60. The van der Waals surface area contributed by atoms with Gasteiger partial charge < -0.3 is 14.2 Å². The van der Waals surface area contributed by atoms with E-state index in [1.54, 1.807) is 4.90 Å². The molecule has 0 radical (unpaired) electrons. The predicted molar refractivity (Wildman–Crippen MR) is 122 cm³/mol. The Labute approximate surface area is 186 Å². The minimum atomic E-state index is -0.117. The van der Waals surface area contributed by atoms with E-state index in [9.17, 15) is 4.79 Å². The number of nitrogens with zero attached hydrogens (tertiary/aromatic N) is 3. The molecular formula is C26H23N3O3. The maximum Gasteiger partial charge on any atom is 0.232 e. The van der Waals surface area contributed by atoms with Gasteiger partial charge in [-0.15, -0.1) is 0 Å². The van der Waals surface area contributed by atoms with Gasteiger partial charge in [0.15, 0.2) is 0 Å². The Morgan fingerprint density at radius 3 is 2.47 bits per heavy atom. The van der Waals surface area contributed by atoms with Crippen molar-refractivity contribution in [1.29, 1.82) is 0 Å². The van der Waals surface area contributed by atoms with Crippen molar-refractivity contribution in [2.24, 2.45) is 0 Å². The highest BCUT2D eigenvalue weighted by molar-refractivity contribution is 5.96. The summed E-state index contributed by atoms with van der Waals surface area (Å²) in [5.41, 5.74) is 4.03. The maximum absolute atomic E-state index is 12.6. The molecule has 6 nitrogen and oxygen atoms in total. The smallest absolute Gasteiger partial charge is 0.232 e. The van der Waals surface area contributed by atoms with E-state index in [2.05, 4.69) is 10.1 Å². The summed E-state index contributed by atoms with van der Waals surface area (Å²) in [6, 6.07) is 23.4. The van der Waals surface area contributed by atoms with Crippen molar-refractivity contribution in [3.05, 3.63) is 89.8 Å². The second-order valence-corrected chi connectivity index (χ2v) is 8.14. The normalized spacial score (nSPS) is 15.9. The van der Waals surface area contributed by atoms with Gasteiger partial charge in [-0.25, -0.2) is 0 Å². The fourth-order valence-corrected chi connectivity index (χ4v) is 3.85. The molecule has 1 atom stereocenters. The summed E-state index contributed by atoms with van der Waals surface area (Å²) in [4.78, 5) is 18.9. The first kappa shape index (κ1) is 20.0. The lowest BCUT2D eigenvalue weighted by Crippen LogP contribution is -2.24. The number of rotatable bonds is 5. The van der Waals surface area contributed by atoms with Crippen LogP contribution in [0.15, 0.2) is 77.3 Å². The largest absolute Gasteiger partial charge is 0.457 e. The molecule has 1 aliphatic heterocycles. The molecule has 4 aromatic rings. The Morgan fingerprint density at radius 2 is 1.72 bits per heavy atom. The molecule has 1 saturated heterocycles. The van der Waals surface area contributed by atoms with Gasteiger partial charge in [0.2, 0.25) is 17.6 Å². The average molecular weight is 425 g/mol. The van der Waals surface area contributed by atoms with Crippen LogP contribution >= 0.6 is 0 Å². The molecule has 1 aliphatic rings. The molecule has 0 unspecified atom stereocenters. The van der Waals surface area contributed by atoms with Gasteiger partial charge >= 0.3 is 0 Å². The van der Waals surface area contributed by atoms with Crippen molar-refractivity contribution in [2.75, 3.05) is 11.4 Å². The van der Waals surface area contributed by atoms with Gasteiger partial charge in [0, 0.05) is 24.2 Å². The summed E-state index contributed by atoms with van der Waals surface area (Å²) in [7, 11) is 0. The number of hydrogen-bond acceptors (Lipinski definition) is 5. The summed E-state index contributed by atoms with van der Waals surface area (Å²) < 4.78 is 11.4. The number of aromatic nitrogens is 2. The second kappa shape index (κ2) is 8.30. The van der Waals surface area contributed by atoms with Crippen LogP contribution in [0, 0.1) is 13.8 Å². The quantitative estimate of drug-likeness (QED) is 0.412. The van der Waals surface area contributed by atoms with E-state index in [0.29, 0.717) is 24.7 Å². The highest BCUT2D eigenvalue weighted by Crippen LogP contribution is 2.32. The molecule has 6 heteroatoms. The van der Waals surface area contributed by atoms with Crippen molar-refractivity contribution >= 4 is 11.6 Å². The van der Waals surface area contributed by atoms with Crippen LogP contribution in [0.5, 0.6) is 11.5 Å². The highest BCUT2D eigenvalue weighted by Gasteiger charge is 2.35. The summed E-state index contributed by atoms with van der Waals surface area (Å²) >= 11 is 0. The van der Waals surface area contributed by atoms with Crippen LogP contribution in [0.25, 0.3) is 11.4 Å². The first-order chi connectivity index (χ1) is 15.5. The molecule has 1 aromatic heterocycles. The molecule has 3 aromatic carbocycles. The molecule has 0 aliphatic carbocycles. The standard InChI is InChI=1S/C26H23N3O3/c1-17-6-10-21(11-7-17)29-16-20(15-24(29)30)26-27-25(28-32-26)19-8-12-22(13-9-19)31-23-5-3-4-18(2)14-23/h3-14,20H,15-16H2,1-2H3/t20-/m0/s1. The van der Waals surface area contributed by atoms with Crippen molar-refractivity contribution < 1.29 is 14.1 Å². The summed E-state index contributed by atoms with van der Waals surface area (Å²) in [5.74, 6) is 2.47. The van der Waals surface area contributed by atoms with Gasteiger partial charge in [-0.2, -0.15) is 4.98 Å². The Bertz CT molecular complexity index is 1250. The predicted octanol–water partition coefficient (Wildman–Crippen LogP) is 5.67. The van der Waals surface area contributed by atoms with E-state index in [1.165, 1.54) is 0 Å². The molecule has 0 saturated carbocycles. The van der Waals surface area contributed by atoms with Gasteiger partial charge in [0.1, 0.15) is 11.5 Å². The zero-order chi connectivity index (χ0) is 22.1. The lowest BCUT2D eigenvalue weighted by molar-refractivity contribution is -0.117. The summed E-state index contributed by atoms with van der Waals surface area (Å²) in [6.45, 7) is 4.59. The van der Waals surface area contributed by atoms with Gasteiger partial charge in [0.25, 0.3) is 0 Å². The van der Waals surface area contributed by atoms with Crippen LogP contribution in [0.3, 0.4) is 0 Å². The molecule has 5 rings (SSSR count). The van der Waals surface area contributed by atoms with Gasteiger partial charge in [-0.05, 0) is 67.9 Å². The van der Waals surface area contributed by atoms with Crippen molar-refractivity contribution in [3.63, 3.8) is 0 Å². The molecule has 0 spiro atoms. The van der Waals surface area contributed by atoms with Gasteiger partial charge in [0.05, 0.1) is 5.92 Å². The van der Waals surface area contributed by atoms with Crippen LogP contribution in [0.4, 0.5) is 5.69 Å². The van der Waals surface area contributed by atoms with Crippen LogP contribution in [0.1, 0.15) is 29.4 Å². The van der Waals surface area contributed by atoms with Crippen LogP contribution < -0.4 is 9.64 Å². The average Bonchev–Trinajstić information content (AvgIpc) is 3.42.